The van der Waals surface area contributed by atoms with Crippen LogP contribution in [-0.4, -0.2) is 41.9 Å². The van der Waals surface area contributed by atoms with Crippen molar-refractivity contribution in [1.82, 2.24) is 10.6 Å². The zero-order valence-electron chi connectivity index (χ0n) is 13.9. The Morgan fingerprint density at radius 3 is 1.95 bits per heavy atom. The summed E-state index contributed by atoms with van der Waals surface area (Å²) >= 11 is 0. The monoisotopic (exact) mass is 292 g/mol. The molecule has 1 unspecified atom stereocenters. The van der Waals surface area contributed by atoms with Crippen LogP contribution >= 0.6 is 0 Å². The molecule has 3 nitrogen and oxygen atoms in total. The molecule has 0 aliphatic heterocycles. The maximum Gasteiger partial charge on any atom is 0.0346 e. The molecular weight excluding hydrogens is 256 g/mol. The maximum absolute atomic E-state index is 11.3. The van der Waals surface area contributed by atoms with Gasteiger partial charge < -0.3 is 10.6 Å². The summed E-state index contributed by atoms with van der Waals surface area (Å²) in [5.41, 5.74) is 0. The minimum Gasteiger partial charge on any atom is -0.320 e. The lowest BCUT2D eigenvalue weighted by molar-refractivity contribution is 0.375. The molecule has 2 N–H and O–H groups in total. The minimum absolute atomic E-state index is 0.459. The summed E-state index contributed by atoms with van der Waals surface area (Å²) in [5, 5.41) is 7.18. The van der Waals surface area contributed by atoms with E-state index in [4.69, 9.17) is 0 Å². The molecule has 1 aliphatic rings. The lowest BCUT2D eigenvalue weighted by Crippen LogP contribution is -2.36. The molecular formula is C15H36N2OS. The van der Waals surface area contributed by atoms with E-state index >= 15 is 0 Å². The first-order chi connectivity index (χ1) is 9.24. The molecule has 0 saturated heterocycles. The highest BCUT2D eigenvalue weighted by Crippen LogP contribution is 2.21. The Balaban J connectivity index is 0. The Hall–Kier alpha value is 0.0700. The molecule has 0 amide bonds. The van der Waals surface area contributed by atoms with Crippen molar-refractivity contribution in [2.45, 2.75) is 71.1 Å². The van der Waals surface area contributed by atoms with Gasteiger partial charge in [0.15, 0.2) is 0 Å². The molecule has 1 aliphatic carbocycles. The van der Waals surface area contributed by atoms with Gasteiger partial charge in [-0.1, -0.05) is 27.7 Å². The molecule has 1 saturated carbocycles. The topological polar surface area (TPSA) is 41.1 Å². The number of hydrogen-bond acceptors (Lipinski definition) is 3. The van der Waals surface area contributed by atoms with Crippen molar-refractivity contribution in [3.8, 4) is 0 Å². The molecule has 1 rings (SSSR count). The van der Waals surface area contributed by atoms with E-state index in [2.05, 4.69) is 10.6 Å². The van der Waals surface area contributed by atoms with E-state index in [0.29, 0.717) is 11.3 Å². The van der Waals surface area contributed by atoms with Gasteiger partial charge in [-0.05, 0) is 52.2 Å². The molecule has 0 aromatic carbocycles. The highest BCUT2D eigenvalue weighted by Gasteiger charge is 2.22. The summed E-state index contributed by atoms with van der Waals surface area (Å²) in [6.45, 7) is 10.2. The third-order valence-corrected chi connectivity index (χ3v) is 4.59. The first-order valence-electron chi connectivity index (χ1n) is 7.94. The predicted molar refractivity (Wildman–Crippen MR) is 89.4 cm³/mol. The van der Waals surface area contributed by atoms with Crippen molar-refractivity contribution >= 4 is 10.8 Å². The van der Waals surface area contributed by atoms with Crippen LogP contribution in [0.3, 0.4) is 0 Å². The Labute approximate surface area is 123 Å². The SMILES string of the molecule is CC.CC.CNCCCNC1CCC(S(C)=O)CC1. The average Bonchev–Trinajstić information content (AvgIpc) is 2.48. The second kappa shape index (κ2) is 16.1. The third-order valence-electron chi connectivity index (χ3n) is 3.18. The van der Waals surface area contributed by atoms with Crippen LogP contribution in [0.5, 0.6) is 0 Å². The smallest absolute Gasteiger partial charge is 0.0346 e. The Morgan fingerprint density at radius 1 is 1.00 bits per heavy atom. The average molecular weight is 293 g/mol. The van der Waals surface area contributed by atoms with Gasteiger partial charge in [0.1, 0.15) is 0 Å². The van der Waals surface area contributed by atoms with E-state index in [-0.39, 0.29) is 0 Å². The predicted octanol–water partition coefficient (Wildman–Crippen LogP) is 2.93. The van der Waals surface area contributed by atoms with Gasteiger partial charge in [0.2, 0.25) is 0 Å². The fraction of sp³-hybridized carbons (Fsp3) is 1.00. The third kappa shape index (κ3) is 11.6. The van der Waals surface area contributed by atoms with Crippen LogP contribution < -0.4 is 10.6 Å². The van der Waals surface area contributed by atoms with Crippen LogP contribution in [0.1, 0.15) is 59.8 Å². The Bertz CT molecular complexity index is 193. The van der Waals surface area contributed by atoms with Gasteiger partial charge in [0.25, 0.3) is 0 Å². The first-order valence-corrected chi connectivity index (χ1v) is 9.56. The van der Waals surface area contributed by atoms with Crippen LogP contribution in [0.15, 0.2) is 0 Å². The molecule has 0 heterocycles. The highest BCUT2D eigenvalue weighted by atomic mass is 32.2. The van der Waals surface area contributed by atoms with E-state index < -0.39 is 10.8 Å². The van der Waals surface area contributed by atoms with Crippen LogP contribution in [0.2, 0.25) is 0 Å². The lowest BCUT2D eigenvalue weighted by Gasteiger charge is -2.27. The fourth-order valence-corrected chi connectivity index (χ4v) is 3.11. The van der Waals surface area contributed by atoms with Crippen molar-refractivity contribution < 1.29 is 4.21 Å². The molecule has 19 heavy (non-hydrogen) atoms. The standard InChI is InChI=1S/C11H24N2OS.2C2H6/c1-12-8-3-9-13-10-4-6-11(7-5-10)15(2)14;2*1-2/h10-13H,3-9H2,1-2H3;2*1-2H3. The van der Waals surface area contributed by atoms with Gasteiger partial charge in [-0.2, -0.15) is 0 Å². The number of hydrogen-bond donors (Lipinski definition) is 2. The quantitative estimate of drug-likeness (QED) is 0.740. The maximum atomic E-state index is 11.3. The Kier molecular flexibility index (Phi) is 18.1. The van der Waals surface area contributed by atoms with E-state index in [1.54, 1.807) is 0 Å². The van der Waals surface area contributed by atoms with Gasteiger partial charge in [-0.15, -0.1) is 0 Å². The lowest BCUT2D eigenvalue weighted by atomic mass is 9.95. The van der Waals surface area contributed by atoms with E-state index in [1.807, 2.05) is 41.0 Å². The summed E-state index contributed by atoms with van der Waals surface area (Å²) in [6.07, 6.45) is 7.69. The zero-order valence-corrected chi connectivity index (χ0v) is 14.7. The van der Waals surface area contributed by atoms with Crippen molar-refractivity contribution in [2.75, 3.05) is 26.4 Å². The molecule has 0 spiro atoms. The van der Waals surface area contributed by atoms with Crippen LogP contribution in [0.25, 0.3) is 0 Å². The molecule has 0 aromatic rings. The van der Waals surface area contributed by atoms with Gasteiger partial charge in [0, 0.05) is 28.3 Å². The normalized spacial score (nSPS) is 23.5. The highest BCUT2D eigenvalue weighted by molar-refractivity contribution is 7.84. The zero-order chi connectivity index (χ0) is 15.1. The second-order valence-electron chi connectivity index (χ2n) is 4.38. The van der Waals surface area contributed by atoms with Gasteiger partial charge >= 0.3 is 0 Å². The molecule has 1 atom stereocenters. The van der Waals surface area contributed by atoms with Crippen molar-refractivity contribution in [1.29, 1.82) is 0 Å². The number of rotatable bonds is 6. The van der Waals surface area contributed by atoms with E-state index in [9.17, 15) is 4.21 Å². The van der Waals surface area contributed by atoms with Crippen LogP contribution in [0.4, 0.5) is 0 Å². The van der Waals surface area contributed by atoms with Gasteiger partial charge in [-0.3, -0.25) is 4.21 Å². The summed E-state index contributed by atoms with van der Waals surface area (Å²) in [5.74, 6) is 0. The first kappa shape index (κ1) is 21.4. The van der Waals surface area contributed by atoms with Crippen molar-refractivity contribution in [2.24, 2.45) is 0 Å². The second-order valence-corrected chi connectivity index (χ2v) is 6.05. The van der Waals surface area contributed by atoms with Gasteiger partial charge in [-0.25, -0.2) is 0 Å². The fourth-order valence-electron chi connectivity index (χ4n) is 2.17. The summed E-state index contributed by atoms with van der Waals surface area (Å²) in [7, 11) is 1.37. The van der Waals surface area contributed by atoms with Crippen LogP contribution in [-0.2, 0) is 10.8 Å². The molecule has 0 radical (unpaired) electrons. The molecule has 1 fully saturated rings. The minimum atomic E-state index is -0.613. The van der Waals surface area contributed by atoms with Crippen molar-refractivity contribution in [3.05, 3.63) is 0 Å². The molecule has 0 bridgehead atoms. The molecule has 118 valence electrons. The Morgan fingerprint density at radius 2 is 1.53 bits per heavy atom. The van der Waals surface area contributed by atoms with Crippen LogP contribution in [0, 0.1) is 0 Å². The van der Waals surface area contributed by atoms with Gasteiger partial charge in [0.05, 0.1) is 0 Å². The largest absolute Gasteiger partial charge is 0.320 e. The molecule has 0 aromatic heterocycles. The van der Waals surface area contributed by atoms with Crippen molar-refractivity contribution in [3.63, 3.8) is 0 Å². The number of nitrogens with one attached hydrogen (secondary N) is 2. The molecule has 4 heteroatoms. The summed E-state index contributed by atoms with van der Waals surface area (Å²) in [6, 6.07) is 0.668. The summed E-state index contributed by atoms with van der Waals surface area (Å²) < 4.78 is 11.3. The van der Waals surface area contributed by atoms with E-state index in [0.717, 1.165) is 25.9 Å². The van der Waals surface area contributed by atoms with E-state index in [1.165, 1.54) is 19.3 Å². The summed E-state index contributed by atoms with van der Waals surface area (Å²) in [4.78, 5) is 0.